The molecule has 1 aromatic carbocycles. The predicted molar refractivity (Wildman–Crippen MR) is 82.6 cm³/mol. The fourth-order valence-electron chi connectivity index (χ4n) is 1.93. The Labute approximate surface area is 125 Å². The van der Waals surface area contributed by atoms with Gasteiger partial charge < -0.3 is 10.6 Å². The first-order chi connectivity index (χ1) is 9.63. The van der Waals surface area contributed by atoms with E-state index in [-0.39, 0.29) is 17.1 Å². The molecule has 2 amide bonds. The van der Waals surface area contributed by atoms with E-state index in [0.29, 0.717) is 16.4 Å². The number of carbonyl (C=O) groups is 2. The van der Waals surface area contributed by atoms with Gasteiger partial charge in [0.05, 0.1) is 17.5 Å². The van der Waals surface area contributed by atoms with Crippen molar-refractivity contribution in [1.82, 2.24) is 5.32 Å². The van der Waals surface area contributed by atoms with Gasteiger partial charge in [-0.15, -0.1) is 11.8 Å². The maximum atomic E-state index is 12.1. The molecule has 2 aliphatic rings. The second kappa shape index (κ2) is 5.49. The number of aliphatic imine (C=N–C) groups is 1. The SMILES string of the molecule is CC1Sc2ccc(C(=O)NC3=NCCS3)cc2NC1=O. The number of benzene rings is 1. The van der Waals surface area contributed by atoms with Crippen LogP contribution in [-0.2, 0) is 4.79 Å². The van der Waals surface area contributed by atoms with Gasteiger partial charge in [0.15, 0.2) is 5.17 Å². The zero-order valence-corrected chi connectivity index (χ0v) is 12.4. The van der Waals surface area contributed by atoms with Gasteiger partial charge >= 0.3 is 0 Å². The van der Waals surface area contributed by atoms with Crippen LogP contribution in [0.2, 0.25) is 0 Å². The molecule has 5 nitrogen and oxygen atoms in total. The summed E-state index contributed by atoms with van der Waals surface area (Å²) in [5.74, 6) is 0.680. The van der Waals surface area contributed by atoms with Crippen molar-refractivity contribution in [3.8, 4) is 0 Å². The van der Waals surface area contributed by atoms with E-state index in [0.717, 1.165) is 17.2 Å². The minimum atomic E-state index is -0.196. The molecule has 104 valence electrons. The second-order valence-corrected chi connectivity index (χ2v) is 6.92. The average Bonchev–Trinajstić information content (AvgIpc) is 2.92. The van der Waals surface area contributed by atoms with Crippen molar-refractivity contribution in [2.75, 3.05) is 17.6 Å². The van der Waals surface area contributed by atoms with Gasteiger partial charge in [-0.2, -0.15) is 0 Å². The summed E-state index contributed by atoms with van der Waals surface area (Å²) in [4.78, 5) is 28.9. The van der Waals surface area contributed by atoms with E-state index in [1.807, 2.05) is 13.0 Å². The van der Waals surface area contributed by atoms with E-state index in [1.54, 1.807) is 12.1 Å². The number of hydrogen-bond donors (Lipinski definition) is 2. The van der Waals surface area contributed by atoms with Crippen LogP contribution in [0.15, 0.2) is 28.1 Å². The lowest BCUT2D eigenvalue weighted by atomic mass is 10.2. The van der Waals surface area contributed by atoms with Gasteiger partial charge in [0.25, 0.3) is 5.91 Å². The standard InChI is InChI=1S/C13H13N3O2S2/c1-7-11(17)15-9-6-8(2-3-10(9)20-7)12(18)16-13-14-4-5-19-13/h2-3,6-7H,4-5H2,1H3,(H,15,17)(H,14,16,18). The van der Waals surface area contributed by atoms with Crippen molar-refractivity contribution >= 4 is 46.2 Å². The van der Waals surface area contributed by atoms with Crippen LogP contribution in [0.5, 0.6) is 0 Å². The largest absolute Gasteiger partial charge is 0.324 e. The quantitative estimate of drug-likeness (QED) is 0.832. The zero-order valence-electron chi connectivity index (χ0n) is 10.8. The summed E-state index contributed by atoms with van der Waals surface area (Å²) in [7, 11) is 0. The highest BCUT2D eigenvalue weighted by Gasteiger charge is 2.24. The molecule has 1 atom stereocenters. The number of hydrogen-bond acceptors (Lipinski definition) is 5. The number of carbonyl (C=O) groups excluding carboxylic acids is 2. The van der Waals surface area contributed by atoms with Crippen LogP contribution in [0, 0.1) is 0 Å². The molecule has 0 aromatic heterocycles. The average molecular weight is 307 g/mol. The normalized spacial score (nSPS) is 20.9. The summed E-state index contributed by atoms with van der Waals surface area (Å²) in [5.41, 5.74) is 1.22. The van der Waals surface area contributed by atoms with Crippen molar-refractivity contribution in [3.63, 3.8) is 0 Å². The number of anilines is 1. The van der Waals surface area contributed by atoms with Crippen LogP contribution in [0.3, 0.4) is 0 Å². The van der Waals surface area contributed by atoms with E-state index in [4.69, 9.17) is 0 Å². The van der Waals surface area contributed by atoms with Crippen molar-refractivity contribution in [3.05, 3.63) is 23.8 Å². The number of nitrogens with one attached hydrogen (secondary N) is 2. The van der Waals surface area contributed by atoms with Gasteiger partial charge in [-0.05, 0) is 25.1 Å². The highest BCUT2D eigenvalue weighted by molar-refractivity contribution is 8.14. The summed E-state index contributed by atoms with van der Waals surface area (Å²) in [6, 6.07) is 5.35. The second-order valence-electron chi connectivity index (χ2n) is 4.45. The van der Waals surface area contributed by atoms with Crippen LogP contribution in [-0.4, -0.2) is 34.5 Å². The Balaban J connectivity index is 1.79. The number of thioether (sulfide) groups is 2. The lowest BCUT2D eigenvalue weighted by molar-refractivity contribution is -0.115. The molecule has 1 aromatic rings. The summed E-state index contributed by atoms with van der Waals surface area (Å²) in [6.07, 6.45) is 0. The number of amidine groups is 1. The summed E-state index contributed by atoms with van der Waals surface area (Å²) >= 11 is 3.04. The van der Waals surface area contributed by atoms with Gasteiger partial charge in [-0.3, -0.25) is 14.6 Å². The van der Waals surface area contributed by atoms with Gasteiger partial charge in [-0.1, -0.05) is 11.8 Å². The zero-order chi connectivity index (χ0) is 14.1. The molecule has 0 aliphatic carbocycles. The molecule has 0 saturated heterocycles. The molecule has 0 saturated carbocycles. The first-order valence-corrected chi connectivity index (χ1v) is 8.10. The van der Waals surface area contributed by atoms with Gasteiger partial charge in [0.2, 0.25) is 5.91 Å². The molecule has 0 fully saturated rings. The van der Waals surface area contributed by atoms with Crippen LogP contribution in [0.1, 0.15) is 17.3 Å². The highest BCUT2D eigenvalue weighted by Crippen LogP contribution is 2.35. The maximum Gasteiger partial charge on any atom is 0.257 e. The number of fused-ring (bicyclic) bond motifs is 1. The fourth-order valence-corrected chi connectivity index (χ4v) is 3.58. The molecule has 20 heavy (non-hydrogen) atoms. The third-order valence-corrected chi connectivity index (χ3v) is 5.05. The molecule has 7 heteroatoms. The van der Waals surface area contributed by atoms with Crippen LogP contribution < -0.4 is 10.6 Å². The van der Waals surface area contributed by atoms with E-state index in [1.165, 1.54) is 23.5 Å². The Morgan fingerprint density at radius 3 is 3.10 bits per heavy atom. The summed E-state index contributed by atoms with van der Waals surface area (Å²) in [5, 5.41) is 6.16. The Kier molecular flexibility index (Phi) is 3.71. The number of rotatable bonds is 1. The maximum absolute atomic E-state index is 12.1. The van der Waals surface area contributed by atoms with Crippen LogP contribution in [0.4, 0.5) is 5.69 Å². The molecule has 0 bridgehead atoms. The van der Waals surface area contributed by atoms with E-state index in [2.05, 4.69) is 15.6 Å². The topological polar surface area (TPSA) is 70.6 Å². The molecule has 0 radical (unpaired) electrons. The Bertz CT molecular complexity index is 616. The van der Waals surface area contributed by atoms with Gasteiger partial charge in [0, 0.05) is 16.2 Å². The predicted octanol–water partition coefficient (Wildman–Crippen LogP) is 1.95. The minimum Gasteiger partial charge on any atom is -0.324 e. The van der Waals surface area contributed by atoms with E-state index in [9.17, 15) is 9.59 Å². The fraction of sp³-hybridized carbons (Fsp3) is 0.308. The molecular weight excluding hydrogens is 294 g/mol. The summed E-state index contributed by atoms with van der Waals surface area (Å²) < 4.78 is 0. The van der Waals surface area contributed by atoms with Crippen LogP contribution >= 0.6 is 23.5 Å². The van der Waals surface area contributed by atoms with Crippen molar-refractivity contribution in [1.29, 1.82) is 0 Å². The molecule has 2 heterocycles. The minimum absolute atomic E-state index is 0.0317. The number of nitrogens with zero attached hydrogens (tertiary/aromatic N) is 1. The third-order valence-electron chi connectivity index (χ3n) is 2.98. The molecule has 3 rings (SSSR count). The number of amides is 2. The van der Waals surface area contributed by atoms with Crippen molar-refractivity contribution in [2.45, 2.75) is 17.1 Å². The van der Waals surface area contributed by atoms with Gasteiger partial charge in [-0.25, -0.2) is 0 Å². The Morgan fingerprint density at radius 1 is 1.50 bits per heavy atom. The van der Waals surface area contributed by atoms with Crippen molar-refractivity contribution in [2.24, 2.45) is 4.99 Å². The first kappa shape index (κ1) is 13.5. The lowest BCUT2D eigenvalue weighted by Crippen LogP contribution is -2.29. The van der Waals surface area contributed by atoms with E-state index < -0.39 is 0 Å². The molecular formula is C13H13N3O2S2. The highest BCUT2D eigenvalue weighted by atomic mass is 32.2. The van der Waals surface area contributed by atoms with Crippen LogP contribution in [0.25, 0.3) is 0 Å². The Hall–Kier alpha value is -1.47. The molecule has 2 aliphatic heterocycles. The van der Waals surface area contributed by atoms with Gasteiger partial charge in [0.1, 0.15) is 0 Å². The lowest BCUT2D eigenvalue weighted by Gasteiger charge is -2.21. The smallest absolute Gasteiger partial charge is 0.257 e. The molecule has 1 unspecified atom stereocenters. The summed E-state index contributed by atoms with van der Waals surface area (Å²) in [6.45, 7) is 2.61. The molecule has 2 N–H and O–H groups in total. The monoisotopic (exact) mass is 307 g/mol. The first-order valence-electron chi connectivity index (χ1n) is 6.23. The van der Waals surface area contributed by atoms with Crippen molar-refractivity contribution < 1.29 is 9.59 Å². The Morgan fingerprint density at radius 2 is 2.35 bits per heavy atom. The molecule has 0 spiro atoms. The van der Waals surface area contributed by atoms with E-state index >= 15 is 0 Å². The third kappa shape index (κ3) is 2.69.